The van der Waals surface area contributed by atoms with Crippen molar-refractivity contribution in [2.24, 2.45) is 27.7 Å². The molecule has 0 bridgehead atoms. The van der Waals surface area contributed by atoms with Gasteiger partial charge in [-0.25, -0.2) is 4.79 Å². The molecule has 236 valence electrons. The van der Waals surface area contributed by atoms with E-state index in [1.807, 2.05) is 13.8 Å². The standard InChI is InChI=1S/C24H40N8O9S/c1-12(2)10-13(25)20(35)28-14(5-7-18(26)33)21(36)29-15(6-8-19(27)34)22(37)30-16(11-42-31-41)23(38)32-9-3-4-17(32)24(39)40/h12-17H,3-11,25H2,1-2H3,(H2,26,33)(H2,27,34)(H,28,35)(H,29,36)(H,30,37)(H,39,40)/t13-,14-,15-,16-,17-/m0/s1. The number of nitrogens with one attached hydrogen (secondary N) is 3. The van der Waals surface area contributed by atoms with Crippen molar-refractivity contribution in [3.8, 4) is 0 Å². The van der Waals surface area contributed by atoms with E-state index in [1.165, 1.54) is 0 Å². The molecule has 0 aliphatic carbocycles. The number of hydrogen-bond acceptors (Lipinski definition) is 11. The van der Waals surface area contributed by atoms with E-state index in [1.54, 1.807) is 0 Å². The van der Waals surface area contributed by atoms with Gasteiger partial charge >= 0.3 is 5.97 Å². The Labute approximate surface area is 246 Å². The molecule has 18 heteroatoms. The summed E-state index contributed by atoms with van der Waals surface area (Å²) in [4.78, 5) is 98.5. The van der Waals surface area contributed by atoms with Gasteiger partial charge in [0.25, 0.3) is 0 Å². The zero-order valence-electron chi connectivity index (χ0n) is 23.6. The van der Waals surface area contributed by atoms with E-state index >= 15 is 0 Å². The molecule has 1 fully saturated rings. The Bertz CT molecular complexity index is 1030. The second-order valence-electron chi connectivity index (χ2n) is 10.3. The molecule has 42 heavy (non-hydrogen) atoms. The Balaban J connectivity index is 3.17. The number of carboxylic acids is 1. The SMILES string of the molecule is CC(C)C[C@H](N)C(=O)N[C@@H](CCC(N)=O)C(=O)N[C@@H](CCC(N)=O)C(=O)N[C@@H](CSN=O)C(=O)N1CCC[C@H]1C(=O)O. The fraction of sp³-hybridized carbons (Fsp3) is 0.708. The van der Waals surface area contributed by atoms with Crippen molar-refractivity contribution in [1.82, 2.24) is 20.9 Å². The Hall–Kier alpha value is -3.80. The van der Waals surface area contributed by atoms with E-state index in [0.717, 1.165) is 4.90 Å². The Morgan fingerprint density at radius 3 is 1.86 bits per heavy atom. The van der Waals surface area contributed by atoms with Gasteiger partial charge in [-0.3, -0.25) is 28.8 Å². The molecule has 0 saturated carbocycles. The number of carbonyl (C=O) groups excluding carboxylic acids is 6. The molecule has 0 aromatic carbocycles. The molecule has 0 unspecified atom stereocenters. The normalized spacial score (nSPS) is 17.4. The first-order chi connectivity index (χ1) is 19.7. The first-order valence-corrected chi connectivity index (χ1v) is 14.3. The van der Waals surface area contributed by atoms with Crippen LogP contribution in [-0.2, 0) is 33.6 Å². The average molecular weight is 617 g/mol. The lowest BCUT2D eigenvalue weighted by Gasteiger charge is -2.28. The summed E-state index contributed by atoms with van der Waals surface area (Å²) in [7, 11) is 0. The Morgan fingerprint density at radius 2 is 1.40 bits per heavy atom. The molecule has 0 spiro atoms. The van der Waals surface area contributed by atoms with E-state index in [9.17, 15) is 43.6 Å². The number of carbonyl (C=O) groups is 7. The summed E-state index contributed by atoms with van der Waals surface area (Å²) in [6.07, 6.45) is -0.244. The van der Waals surface area contributed by atoms with Crippen molar-refractivity contribution in [3.05, 3.63) is 4.91 Å². The first kappa shape index (κ1) is 36.2. The van der Waals surface area contributed by atoms with Crippen LogP contribution in [-0.4, -0.2) is 93.9 Å². The van der Waals surface area contributed by atoms with Crippen LogP contribution in [0.15, 0.2) is 4.58 Å². The molecule has 1 rings (SSSR count). The third-order valence-corrected chi connectivity index (χ3v) is 7.00. The number of aliphatic carboxylic acids is 1. The van der Waals surface area contributed by atoms with Gasteiger partial charge in [0.1, 0.15) is 24.2 Å². The van der Waals surface area contributed by atoms with Gasteiger partial charge in [-0.1, -0.05) is 13.8 Å². The summed E-state index contributed by atoms with van der Waals surface area (Å²) < 4.78 is 2.63. The predicted molar refractivity (Wildman–Crippen MR) is 151 cm³/mol. The second-order valence-corrected chi connectivity index (χ2v) is 11.1. The minimum atomic E-state index is -1.46. The number of primary amides is 2. The fourth-order valence-corrected chi connectivity index (χ4v) is 4.75. The molecular weight excluding hydrogens is 576 g/mol. The smallest absolute Gasteiger partial charge is 0.326 e. The molecule has 5 atom stereocenters. The van der Waals surface area contributed by atoms with Gasteiger partial charge < -0.3 is 43.2 Å². The number of carboxylic acid groups (broad SMARTS) is 1. The molecule has 1 saturated heterocycles. The summed E-state index contributed by atoms with van der Waals surface area (Å²) in [5, 5.41) is 16.7. The van der Waals surface area contributed by atoms with Crippen molar-refractivity contribution < 1.29 is 38.7 Å². The van der Waals surface area contributed by atoms with Crippen LogP contribution in [0.4, 0.5) is 0 Å². The topological polar surface area (TPSA) is 287 Å². The van der Waals surface area contributed by atoms with Gasteiger partial charge in [0.15, 0.2) is 0 Å². The fourth-order valence-electron chi connectivity index (χ4n) is 4.32. The third kappa shape index (κ3) is 12.4. The highest BCUT2D eigenvalue weighted by molar-refractivity contribution is 7.97. The number of likely N-dealkylation sites (tertiary alicyclic amines) is 1. The maximum atomic E-state index is 13.3. The van der Waals surface area contributed by atoms with Gasteiger partial charge in [0.2, 0.25) is 35.4 Å². The van der Waals surface area contributed by atoms with E-state index in [0.29, 0.717) is 24.8 Å². The number of nitrogens with two attached hydrogens (primary N) is 3. The van der Waals surface area contributed by atoms with Gasteiger partial charge in [0, 0.05) is 41.7 Å². The van der Waals surface area contributed by atoms with Crippen LogP contribution in [0, 0.1) is 10.8 Å². The van der Waals surface area contributed by atoms with Gasteiger partial charge in [-0.15, -0.1) is 4.91 Å². The molecule has 0 aromatic heterocycles. The molecule has 1 aliphatic heterocycles. The minimum absolute atomic E-state index is 0.0695. The van der Waals surface area contributed by atoms with Crippen LogP contribution >= 0.6 is 11.9 Å². The van der Waals surface area contributed by atoms with Crippen molar-refractivity contribution in [2.45, 2.75) is 89.0 Å². The van der Waals surface area contributed by atoms with E-state index in [2.05, 4.69) is 20.5 Å². The maximum Gasteiger partial charge on any atom is 0.326 e. The first-order valence-electron chi connectivity index (χ1n) is 13.4. The van der Waals surface area contributed by atoms with Crippen molar-refractivity contribution in [1.29, 1.82) is 0 Å². The van der Waals surface area contributed by atoms with E-state index in [-0.39, 0.29) is 50.3 Å². The van der Waals surface area contributed by atoms with Crippen LogP contribution in [0.2, 0.25) is 0 Å². The second kappa shape index (κ2) is 17.9. The number of amides is 6. The lowest BCUT2D eigenvalue weighted by atomic mass is 10.0. The molecule has 0 aromatic rings. The Kier molecular flexibility index (Phi) is 15.4. The molecule has 0 radical (unpaired) electrons. The molecular formula is C24H40N8O9S. The summed E-state index contributed by atoms with van der Waals surface area (Å²) in [6, 6.07) is -6.26. The van der Waals surface area contributed by atoms with Crippen molar-refractivity contribution >= 4 is 53.4 Å². The summed E-state index contributed by atoms with van der Waals surface area (Å²) in [6.45, 7) is 3.81. The maximum absolute atomic E-state index is 13.3. The Morgan fingerprint density at radius 1 is 0.905 bits per heavy atom. The lowest BCUT2D eigenvalue weighted by molar-refractivity contribution is -0.149. The monoisotopic (exact) mass is 616 g/mol. The molecule has 10 N–H and O–H groups in total. The summed E-state index contributed by atoms with van der Waals surface area (Å²) in [5.41, 5.74) is 16.3. The quantitative estimate of drug-likeness (QED) is 0.0605. The molecule has 6 amide bonds. The highest BCUT2D eigenvalue weighted by atomic mass is 32.2. The number of nitrogens with zero attached hydrogens (tertiary/aromatic N) is 2. The largest absolute Gasteiger partial charge is 0.480 e. The zero-order chi connectivity index (χ0) is 32.0. The number of nitroso groups, excluding NO2 is 1. The van der Waals surface area contributed by atoms with Gasteiger partial charge in [-0.2, -0.15) is 0 Å². The molecule has 17 nitrogen and oxygen atoms in total. The van der Waals surface area contributed by atoms with Gasteiger partial charge in [-0.05, 0) is 38.0 Å². The van der Waals surface area contributed by atoms with Crippen LogP contribution in [0.3, 0.4) is 0 Å². The van der Waals surface area contributed by atoms with Crippen molar-refractivity contribution in [3.63, 3.8) is 0 Å². The predicted octanol–water partition coefficient (Wildman–Crippen LogP) is -2.16. The van der Waals surface area contributed by atoms with Crippen LogP contribution in [0.25, 0.3) is 0 Å². The molecule has 1 aliphatic rings. The zero-order valence-corrected chi connectivity index (χ0v) is 24.4. The number of rotatable bonds is 19. The number of hydrogen-bond donors (Lipinski definition) is 7. The molecule has 1 heterocycles. The summed E-state index contributed by atoms with van der Waals surface area (Å²) in [5.74, 6) is -6.32. The van der Waals surface area contributed by atoms with Crippen LogP contribution in [0.5, 0.6) is 0 Å². The van der Waals surface area contributed by atoms with E-state index in [4.69, 9.17) is 17.2 Å². The van der Waals surface area contributed by atoms with Crippen LogP contribution < -0.4 is 33.2 Å². The summed E-state index contributed by atoms with van der Waals surface area (Å²) >= 11 is 0.422. The lowest BCUT2D eigenvalue weighted by Crippen LogP contribution is -2.59. The minimum Gasteiger partial charge on any atom is -0.480 e. The van der Waals surface area contributed by atoms with E-state index < -0.39 is 71.6 Å². The highest BCUT2D eigenvalue weighted by Gasteiger charge is 2.39. The highest BCUT2D eigenvalue weighted by Crippen LogP contribution is 2.20. The van der Waals surface area contributed by atoms with Crippen LogP contribution in [0.1, 0.15) is 58.8 Å². The average Bonchev–Trinajstić information content (AvgIpc) is 3.40. The van der Waals surface area contributed by atoms with Gasteiger partial charge in [0.05, 0.1) is 6.04 Å². The van der Waals surface area contributed by atoms with Crippen molar-refractivity contribution in [2.75, 3.05) is 12.3 Å². The third-order valence-electron chi connectivity index (χ3n) is 6.42.